The van der Waals surface area contributed by atoms with Crippen LogP contribution in [-0.2, 0) is 12.0 Å². The van der Waals surface area contributed by atoms with Gasteiger partial charge in [0.2, 0.25) is 0 Å². The Labute approximate surface area is 79.0 Å². The molecule has 2 N–H and O–H groups in total. The number of aromatic nitrogens is 2. The first kappa shape index (κ1) is 8.75. The van der Waals surface area contributed by atoms with E-state index in [-0.39, 0.29) is 0 Å². The zero-order valence-electron chi connectivity index (χ0n) is 8.16. The molecule has 1 saturated carbocycles. The molecule has 1 aliphatic carbocycles. The molecular weight excluding hydrogens is 162 g/mol. The Hall–Kier alpha value is -0.830. The highest BCUT2D eigenvalue weighted by molar-refractivity contribution is 5.23. The van der Waals surface area contributed by atoms with Crippen LogP contribution in [0.3, 0.4) is 0 Å². The second kappa shape index (κ2) is 3.14. The van der Waals surface area contributed by atoms with Crippen molar-refractivity contribution in [2.75, 3.05) is 6.54 Å². The maximum Gasteiger partial charge on any atom is 0.0948 e. The van der Waals surface area contributed by atoms with E-state index in [4.69, 9.17) is 5.73 Å². The van der Waals surface area contributed by atoms with Crippen LogP contribution in [0.2, 0.25) is 0 Å². The van der Waals surface area contributed by atoms with Gasteiger partial charge in [0, 0.05) is 23.9 Å². The van der Waals surface area contributed by atoms with Crippen molar-refractivity contribution in [3.8, 4) is 0 Å². The SMILES string of the molecule is CCn1cncc1C1(CCN)CC1. The zero-order valence-corrected chi connectivity index (χ0v) is 8.16. The summed E-state index contributed by atoms with van der Waals surface area (Å²) >= 11 is 0. The number of hydrogen-bond acceptors (Lipinski definition) is 2. The van der Waals surface area contributed by atoms with Crippen LogP contribution < -0.4 is 5.73 Å². The monoisotopic (exact) mass is 179 g/mol. The van der Waals surface area contributed by atoms with Gasteiger partial charge < -0.3 is 10.3 Å². The minimum atomic E-state index is 0.390. The van der Waals surface area contributed by atoms with Gasteiger partial charge in [0.25, 0.3) is 0 Å². The van der Waals surface area contributed by atoms with Crippen molar-refractivity contribution in [1.29, 1.82) is 0 Å². The van der Waals surface area contributed by atoms with E-state index in [9.17, 15) is 0 Å². The zero-order chi connectivity index (χ0) is 9.31. The summed E-state index contributed by atoms with van der Waals surface area (Å²) in [7, 11) is 0. The normalized spacial score (nSPS) is 18.9. The number of aryl methyl sites for hydroxylation is 1. The van der Waals surface area contributed by atoms with Gasteiger partial charge in [0.15, 0.2) is 0 Å². The number of nitrogens with zero attached hydrogens (tertiary/aromatic N) is 2. The molecule has 0 radical (unpaired) electrons. The topological polar surface area (TPSA) is 43.8 Å². The summed E-state index contributed by atoms with van der Waals surface area (Å²) in [4.78, 5) is 4.20. The van der Waals surface area contributed by atoms with E-state index < -0.39 is 0 Å². The van der Waals surface area contributed by atoms with Crippen molar-refractivity contribution in [2.45, 2.75) is 38.1 Å². The predicted molar refractivity (Wildman–Crippen MR) is 52.5 cm³/mol. The molecular formula is C10H17N3. The summed E-state index contributed by atoms with van der Waals surface area (Å²) in [6.07, 6.45) is 7.61. The molecule has 1 aromatic heterocycles. The molecule has 0 aromatic carbocycles. The van der Waals surface area contributed by atoms with Gasteiger partial charge in [-0.15, -0.1) is 0 Å². The summed E-state index contributed by atoms with van der Waals surface area (Å²) in [6.45, 7) is 3.96. The Kier molecular flexibility index (Phi) is 2.12. The summed E-state index contributed by atoms with van der Waals surface area (Å²) < 4.78 is 2.24. The van der Waals surface area contributed by atoms with Gasteiger partial charge in [0.05, 0.1) is 6.33 Å². The molecule has 1 heterocycles. The lowest BCUT2D eigenvalue weighted by molar-refractivity contribution is 0.563. The van der Waals surface area contributed by atoms with Gasteiger partial charge >= 0.3 is 0 Å². The van der Waals surface area contributed by atoms with Gasteiger partial charge in [-0.3, -0.25) is 0 Å². The van der Waals surface area contributed by atoms with Crippen molar-refractivity contribution in [3.05, 3.63) is 18.2 Å². The van der Waals surface area contributed by atoms with Gasteiger partial charge in [-0.2, -0.15) is 0 Å². The van der Waals surface area contributed by atoms with E-state index in [1.807, 2.05) is 12.5 Å². The minimum Gasteiger partial charge on any atom is -0.334 e. The Morgan fingerprint density at radius 1 is 1.62 bits per heavy atom. The molecule has 0 amide bonds. The van der Waals surface area contributed by atoms with Gasteiger partial charge in [0.1, 0.15) is 0 Å². The van der Waals surface area contributed by atoms with E-state index in [1.165, 1.54) is 18.5 Å². The van der Waals surface area contributed by atoms with Crippen molar-refractivity contribution in [3.63, 3.8) is 0 Å². The average molecular weight is 179 g/mol. The highest BCUT2D eigenvalue weighted by atomic mass is 15.1. The van der Waals surface area contributed by atoms with E-state index in [0.717, 1.165) is 19.5 Å². The molecule has 0 aliphatic heterocycles. The van der Waals surface area contributed by atoms with E-state index in [0.29, 0.717) is 5.41 Å². The van der Waals surface area contributed by atoms with Crippen LogP contribution in [0.1, 0.15) is 31.9 Å². The summed E-state index contributed by atoms with van der Waals surface area (Å²) in [5.74, 6) is 0. The Balaban J connectivity index is 2.24. The van der Waals surface area contributed by atoms with Crippen LogP contribution in [0.5, 0.6) is 0 Å². The van der Waals surface area contributed by atoms with E-state index >= 15 is 0 Å². The lowest BCUT2D eigenvalue weighted by Crippen LogP contribution is -2.17. The number of hydrogen-bond donors (Lipinski definition) is 1. The van der Waals surface area contributed by atoms with Crippen LogP contribution in [0.25, 0.3) is 0 Å². The largest absolute Gasteiger partial charge is 0.334 e. The molecule has 1 fully saturated rings. The Morgan fingerprint density at radius 2 is 2.38 bits per heavy atom. The molecule has 0 bridgehead atoms. The van der Waals surface area contributed by atoms with Crippen LogP contribution in [0.15, 0.2) is 12.5 Å². The predicted octanol–water partition coefficient (Wildman–Crippen LogP) is 1.28. The molecule has 1 aliphatic rings. The molecule has 13 heavy (non-hydrogen) atoms. The highest BCUT2D eigenvalue weighted by Gasteiger charge is 2.45. The molecule has 0 saturated heterocycles. The molecule has 3 nitrogen and oxygen atoms in total. The quantitative estimate of drug-likeness (QED) is 0.756. The Bertz CT molecular complexity index is 286. The molecule has 72 valence electrons. The summed E-state index contributed by atoms with van der Waals surface area (Å²) in [6, 6.07) is 0. The lowest BCUT2D eigenvalue weighted by atomic mass is 9.98. The highest BCUT2D eigenvalue weighted by Crippen LogP contribution is 2.50. The molecule has 2 rings (SSSR count). The summed E-state index contributed by atoms with van der Waals surface area (Å²) in [5.41, 5.74) is 7.40. The van der Waals surface area contributed by atoms with Crippen molar-refractivity contribution in [1.82, 2.24) is 9.55 Å². The third-order valence-corrected chi connectivity index (χ3v) is 3.07. The number of imidazole rings is 1. The first-order valence-electron chi connectivity index (χ1n) is 5.03. The van der Waals surface area contributed by atoms with Crippen molar-refractivity contribution >= 4 is 0 Å². The number of rotatable bonds is 4. The number of nitrogens with two attached hydrogens (primary N) is 1. The third kappa shape index (κ3) is 1.37. The van der Waals surface area contributed by atoms with Crippen LogP contribution in [0.4, 0.5) is 0 Å². The van der Waals surface area contributed by atoms with Gasteiger partial charge in [-0.1, -0.05) is 0 Å². The fraction of sp³-hybridized carbons (Fsp3) is 0.700. The third-order valence-electron chi connectivity index (χ3n) is 3.07. The lowest BCUT2D eigenvalue weighted by Gasteiger charge is -2.15. The average Bonchev–Trinajstić information content (AvgIpc) is 2.77. The maximum absolute atomic E-state index is 5.62. The second-order valence-electron chi connectivity index (χ2n) is 3.88. The summed E-state index contributed by atoms with van der Waals surface area (Å²) in [5, 5.41) is 0. The fourth-order valence-corrected chi connectivity index (χ4v) is 2.08. The molecule has 0 atom stereocenters. The van der Waals surface area contributed by atoms with Gasteiger partial charge in [-0.05, 0) is 32.7 Å². The maximum atomic E-state index is 5.62. The van der Waals surface area contributed by atoms with Crippen LogP contribution >= 0.6 is 0 Å². The second-order valence-corrected chi connectivity index (χ2v) is 3.88. The standard InChI is InChI=1S/C10H17N3/c1-2-13-8-12-7-9(13)10(3-4-10)5-6-11/h7-8H,2-6,11H2,1H3. The van der Waals surface area contributed by atoms with E-state index in [2.05, 4.69) is 16.5 Å². The van der Waals surface area contributed by atoms with E-state index in [1.54, 1.807) is 0 Å². The minimum absolute atomic E-state index is 0.390. The van der Waals surface area contributed by atoms with Crippen LogP contribution in [-0.4, -0.2) is 16.1 Å². The smallest absolute Gasteiger partial charge is 0.0948 e. The molecule has 1 aromatic rings. The van der Waals surface area contributed by atoms with Gasteiger partial charge in [-0.25, -0.2) is 4.98 Å². The fourth-order valence-electron chi connectivity index (χ4n) is 2.08. The first-order chi connectivity index (χ1) is 6.32. The first-order valence-corrected chi connectivity index (χ1v) is 5.03. The molecule has 0 spiro atoms. The van der Waals surface area contributed by atoms with Crippen LogP contribution in [0, 0.1) is 0 Å². The molecule has 0 unspecified atom stereocenters. The molecule has 3 heteroatoms. The van der Waals surface area contributed by atoms with Crippen molar-refractivity contribution < 1.29 is 0 Å². The Morgan fingerprint density at radius 3 is 2.92 bits per heavy atom. The van der Waals surface area contributed by atoms with Crippen molar-refractivity contribution in [2.24, 2.45) is 5.73 Å².